The fraction of sp³-hybridized carbons (Fsp3) is 0.133. The smallest absolute Gasteiger partial charge is 0.330 e. The van der Waals surface area contributed by atoms with Crippen LogP contribution in [-0.2, 0) is 9.53 Å². The first-order chi connectivity index (χ1) is 10.2. The molecular formula is C15H13N3O3. The van der Waals surface area contributed by atoms with Crippen LogP contribution in [0, 0.1) is 11.3 Å². The number of hydrogen-bond donors (Lipinski definition) is 2. The van der Waals surface area contributed by atoms with E-state index in [9.17, 15) is 9.90 Å². The number of carbonyl (C=O) groups excluding carboxylic acids is 1. The lowest BCUT2D eigenvalue weighted by Gasteiger charge is -2.02. The van der Waals surface area contributed by atoms with Gasteiger partial charge in [0.25, 0.3) is 0 Å². The number of hydrogen-bond acceptors (Lipinski definition) is 5. The first-order valence-electron chi connectivity index (χ1n) is 6.22. The van der Waals surface area contributed by atoms with Gasteiger partial charge in [-0.15, -0.1) is 0 Å². The summed E-state index contributed by atoms with van der Waals surface area (Å²) >= 11 is 0. The molecular weight excluding hydrogens is 270 g/mol. The standard InChI is InChI=1S/C15H13N3O3/c1-2-5-14(20)21-9-13(19)10(8-16)15-17-11-6-3-4-7-12(11)18-15/h2-7,19H,9H2,1H3,(H,17,18)/b5-2?,13-10-. The number of aromatic amines is 1. The molecule has 2 rings (SSSR count). The van der Waals surface area contributed by atoms with Crippen molar-refractivity contribution in [2.75, 3.05) is 6.61 Å². The Hall–Kier alpha value is -3.07. The summed E-state index contributed by atoms with van der Waals surface area (Å²) in [5.74, 6) is -0.710. The van der Waals surface area contributed by atoms with E-state index in [-0.39, 0.29) is 23.8 Å². The van der Waals surface area contributed by atoms with Gasteiger partial charge in [0.1, 0.15) is 18.2 Å². The predicted molar refractivity (Wildman–Crippen MR) is 77.0 cm³/mol. The summed E-state index contributed by atoms with van der Waals surface area (Å²) < 4.78 is 4.80. The minimum Gasteiger partial charge on any atom is -0.507 e. The number of allylic oxidation sites excluding steroid dienone is 2. The number of H-pyrrole nitrogens is 1. The van der Waals surface area contributed by atoms with Gasteiger partial charge in [-0.3, -0.25) is 0 Å². The molecule has 1 aromatic heterocycles. The molecule has 6 heteroatoms. The van der Waals surface area contributed by atoms with Crippen molar-refractivity contribution in [3.05, 3.63) is 48.0 Å². The summed E-state index contributed by atoms with van der Waals surface area (Å²) in [5.41, 5.74) is 1.37. The first-order valence-corrected chi connectivity index (χ1v) is 6.22. The van der Waals surface area contributed by atoms with Crippen molar-refractivity contribution in [1.82, 2.24) is 9.97 Å². The molecule has 1 heterocycles. The highest BCUT2D eigenvalue weighted by atomic mass is 16.5. The van der Waals surface area contributed by atoms with Crippen LogP contribution in [0.3, 0.4) is 0 Å². The number of para-hydroxylation sites is 2. The van der Waals surface area contributed by atoms with Crippen LogP contribution in [0.1, 0.15) is 12.7 Å². The van der Waals surface area contributed by atoms with E-state index in [1.54, 1.807) is 13.0 Å². The Morgan fingerprint density at radius 1 is 1.52 bits per heavy atom. The Bertz CT molecular complexity index is 733. The molecule has 106 valence electrons. The molecule has 6 nitrogen and oxygen atoms in total. The topological polar surface area (TPSA) is 99.0 Å². The molecule has 0 atom stereocenters. The Balaban J connectivity index is 2.27. The van der Waals surface area contributed by atoms with Crippen molar-refractivity contribution in [2.24, 2.45) is 0 Å². The third kappa shape index (κ3) is 3.28. The van der Waals surface area contributed by atoms with Crippen LogP contribution in [0.25, 0.3) is 16.6 Å². The quantitative estimate of drug-likeness (QED) is 0.388. The minimum atomic E-state index is -0.592. The first kappa shape index (κ1) is 14.3. The lowest BCUT2D eigenvalue weighted by molar-refractivity contribution is -0.137. The largest absolute Gasteiger partial charge is 0.507 e. The highest BCUT2D eigenvalue weighted by Gasteiger charge is 2.14. The SMILES string of the molecule is CC=CC(=O)OC/C(O)=C(\C#N)c1nc2ccccc2[nH]1. The Kier molecular flexibility index (Phi) is 4.36. The molecule has 2 aromatic rings. The monoisotopic (exact) mass is 283 g/mol. The number of imidazole rings is 1. The molecule has 0 saturated carbocycles. The van der Waals surface area contributed by atoms with Crippen LogP contribution in [-0.4, -0.2) is 27.7 Å². The fourth-order valence-corrected chi connectivity index (χ4v) is 1.72. The molecule has 1 aromatic carbocycles. The number of esters is 1. The van der Waals surface area contributed by atoms with Crippen LogP contribution in [0.4, 0.5) is 0 Å². The Labute approximate surface area is 121 Å². The van der Waals surface area contributed by atoms with Gasteiger partial charge in [-0.25, -0.2) is 9.78 Å². The van der Waals surface area contributed by atoms with Crippen LogP contribution in [0.5, 0.6) is 0 Å². The van der Waals surface area contributed by atoms with E-state index in [2.05, 4.69) is 9.97 Å². The fourth-order valence-electron chi connectivity index (χ4n) is 1.72. The second kappa shape index (κ2) is 6.39. The lowest BCUT2D eigenvalue weighted by atomic mass is 10.2. The van der Waals surface area contributed by atoms with Gasteiger partial charge in [0.05, 0.1) is 11.0 Å². The van der Waals surface area contributed by atoms with Crippen LogP contribution < -0.4 is 0 Å². The van der Waals surface area contributed by atoms with E-state index in [0.29, 0.717) is 5.52 Å². The van der Waals surface area contributed by atoms with E-state index in [0.717, 1.165) is 5.52 Å². The zero-order valence-electron chi connectivity index (χ0n) is 11.3. The number of fused-ring (bicyclic) bond motifs is 1. The van der Waals surface area contributed by atoms with Crippen molar-refractivity contribution < 1.29 is 14.6 Å². The molecule has 21 heavy (non-hydrogen) atoms. The van der Waals surface area contributed by atoms with Crippen molar-refractivity contribution >= 4 is 22.6 Å². The van der Waals surface area contributed by atoms with Gasteiger partial charge in [-0.2, -0.15) is 5.26 Å². The summed E-state index contributed by atoms with van der Waals surface area (Å²) in [6, 6.07) is 9.11. The van der Waals surface area contributed by atoms with Crippen molar-refractivity contribution in [3.8, 4) is 6.07 Å². The zero-order chi connectivity index (χ0) is 15.2. The zero-order valence-corrected chi connectivity index (χ0v) is 11.3. The minimum absolute atomic E-state index is 0.0560. The highest BCUT2D eigenvalue weighted by molar-refractivity contribution is 5.84. The molecule has 0 bridgehead atoms. The van der Waals surface area contributed by atoms with E-state index < -0.39 is 5.97 Å². The van der Waals surface area contributed by atoms with Crippen molar-refractivity contribution in [2.45, 2.75) is 6.92 Å². The third-order valence-corrected chi connectivity index (χ3v) is 2.68. The third-order valence-electron chi connectivity index (χ3n) is 2.68. The normalized spacial score (nSPS) is 12.2. The van der Waals surface area contributed by atoms with Crippen molar-refractivity contribution in [1.29, 1.82) is 5.26 Å². The molecule has 0 aliphatic rings. The van der Waals surface area contributed by atoms with E-state index in [4.69, 9.17) is 10.00 Å². The number of aromatic nitrogens is 2. The lowest BCUT2D eigenvalue weighted by Crippen LogP contribution is -2.06. The predicted octanol–water partition coefficient (Wildman–Crippen LogP) is 2.47. The molecule has 0 aliphatic heterocycles. The number of nitriles is 1. The molecule has 2 N–H and O–H groups in total. The molecule has 0 fully saturated rings. The average molecular weight is 283 g/mol. The number of rotatable bonds is 4. The number of benzene rings is 1. The molecule has 0 amide bonds. The Morgan fingerprint density at radius 2 is 2.29 bits per heavy atom. The maximum atomic E-state index is 11.2. The second-order valence-electron chi connectivity index (χ2n) is 4.14. The summed E-state index contributed by atoms with van der Waals surface area (Å²) in [4.78, 5) is 18.3. The van der Waals surface area contributed by atoms with Gasteiger partial charge >= 0.3 is 5.97 Å². The number of ether oxygens (including phenoxy) is 1. The average Bonchev–Trinajstić information content (AvgIpc) is 2.89. The van der Waals surface area contributed by atoms with Gasteiger partial charge in [-0.1, -0.05) is 18.2 Å². The van der Waals surface area contributed by atoms with Crippen LogP contribution >= 0.6 is 0 Å². The van der Waals surface area contributed by atoms with E-state index in [1.807, 2.05) is 24.3 Å². The summed E-state index contributed by atoms with van der Waals surface area (Å²) in [6.45, 7) is 1.29. The summed E-state index contributed by atoms with van der Waals surface area (Å²) in [5, 5.41) is 19.1. The van der Waals surface area contributed by atoms with Crippen LogP contribution in [0.2, 0.25) is 0 Å². The molecule has 0 radical (unpaired) electrons. The maximum Gasteiger partial charge on any atom is 0.330 e. The number of aliphatic hydroxyl groups excluding tert-OH is 1. The number of nitrogens with one attached hydrogen (secondary N) is 1. The van der Waals surface area contributed by atoms with Crippen molar-refractivity contribution in [3.63, 3.8) is 0 Å². The molecule has 0 aliphatic carbocycles. The van der Waals surface area contributed by atoms with E-state index in [1.165, 1.54) is 12.2 Å². The maximum absolute atomic E-state index is 11.2. The van der Waals surface area contributed by atoms with Crippen LogP contribution in [0.15, 0.2) is 42.2 Å². The highest BCUT2D eigenvalue weighted by Crippen LogP contribution is 2.18. The van der Waals surface area contributed by atoms with Gasteiger partial charge < -0.3 is 14.8 Å². The summed E-state index contributed by atoms with van der Waals surface area (Å²) in [7, 11) is 0. The molecule has 0 unspecified atom stereocenters. The number of nitrogens with zero attached hydrogens (tertiary/aromatic N) is 2. The van der Waals surface area contributed by atoms with Gasteiger partial charge in [0.2, 0.25) is 0 Å². The van der Waals surface area contributed by atoms with Gasteiger partial charge in [-0.05, 0) is 19.1 Å². The molecule has 0 saturated heterocycles. The second-order valence-corrected chi connectivity index (χ2v) is 4.14. The summed E-state index contributed by atoms with van der Waals surface area (Å²) in [6.07, 6.45) is 2.74. The van der Waals surface area contributed by atoms with Gasteiger partial charge in [0, 0.05) is 6.08 Å². The van der Waals surface area contributed by atoms with Gasteiger partial charge in [0.15, 0.2) is 11.6 Å². The Morgan fingerprint density at radius 3 is 2.95 bits per heavy atom. The number of carbonyl (C=O) groups is 1. The van der Waals surface area contributed by atoms with E-state index >= 15 is 0 Å². The molecule has 0 spiro atoms. The number of aliphatic hydroxyl groups is 1.